The Kier molecular flexibility index (Phi) is 11.0. The average Bonchev–Trinajstić information content (AvgIpc) is 4.13. The third-order valence-electron chi connectivity index (χ3n) is 15.8. The van der Waals surface area contributed by atoms with Crippen molar-refractivity contribution >= 4 is 124 Å². The van der Waals surface area contributed by atoms with E-state index in [4.69, 9.17) is 9.97 Å². The normalized spacial score (nSPS) is 13.0. The van der Waals surface area contributed by atoms with E-state index in [1.54, 1.807) is 0 Å². The number of benzene rings is 10. The van der Waals surface area contributed by atoms with Gasteiger partial charge in [-0.1, -0.05) is 193 Å². The minimum Gasteiger partial charge on any atom is -0.340 e. The molecule has 0 amide bonds. The van der Waals surface area contributed by atoms with Gasteiger partial charge < -0.3 is 13.9 Å². The number of rotatable bonds is 8. The Bertz CT molecular complexity index is 4410. The number of nitrogens with zero attached hydrogens (tertiary/aromatic N) is 5. The quantitative estimate of drug-likeness (QED) is 0.0659. The molecule has 0 atom stereocenters. The number of imidazole rings is 1. The molecular formula is C68H45N5PdSi2. The summed E-state index contributed by atoms with van der Waals surface area (Å²) in [5.41, 5.74) is 7.51. The molecule has 0 N–H and O–H groups in total. The first-order chi connectivity index (χ1) is 37.2. The summed E-state index contributed by atoms with van der Waals surface area (Å²) in [6.45, 7) is 0. The van der Waals surface area contributed by atoms with Crippen molar-refractivity contribution in [3.8, 4) is 5.69 Å². The molecule has 76 heavy (non-hydrogen) atoms. The molecule has 0 saturated heterocycles. The zero-order chi connectivity index (χ0) is 49.5. The fourth-order valence-electron chi connectivity index (χ4n) is 12.7. The number of hydrogen-bond donors (Lipinski definition) is 0. The van der Waals surface area contributed by atoms with Gasteiger partial charge in [-0.25, -0.2) is 4.98 Å². The molecule has 0 unspecified atom stereocenters. The summed E-state index contributed by atoms with van der Waals surface area (Å²) in [5, 5.41) is 15.5. The molecule has 0 bridgehead atoms. The van der Waals surface area contributed by atoms with Gasteiger partial charge in [0.05, 0.1) is 16.7 Å². The second kappa shape index (κ2) is 18.3. The molecule has 0 radical (unpaired) electrons. The minimum atomic E-state index is -3.27. The second-order valence-corrected chi connectivity index (χ2v) is 27.0. The van der Waals surface area contributed by atoms with Gasteiger partial charge >= 0.3 is 20.4 Å². The van der Waals surface area contributed by atoms with Crippen molar-refractivity contribution in [3.05, 3.63) is 286 Å². The molecule has 10 aromatic carbocycles. The Morgan fingerprint density at radius 1 is 0.421 bits per heavy atom. The summed E-state index contributed by atoms with van der Waals surface area (Å²) in [5.74, 6) is 0.918. The summed E-state index contributed by atoms with van der Waals surface area (Å²) >= 11 is 0. The molecule has 1 aliphatic rings. The van der Waals surface area contributed by atoms with E-state index in [0.717, 1.165) is 60.7 Å². The first-order valence-electron chi connectivity index (χ1n) is 25.6. The van der Waals surface area contributed by atoms with E-state index < -0.39 is 16.1 Å². The van der Waals surface area contributed by atoms with Gasteiger partial charge in [0.2, 0.25) is 0 Å². The van der Waals surface area contributed by atoms with E-state index >= 15 is 0 Å². The first kappa shape index (κ1) is 45.8. The van der Waals surface area contributed by atoms with Crippen LogP contribution >= 0.6 is 0 Å². The maximum atomic E-state index is 5.50. The van der Waals surface area contributed by atoms with Crippen LogP contribution in [0.2, 0.25) is 0 Å². The van der Waals surface area contributed by atoms with E-state index in [1.807, 2.05) is 12.4 Å². The number of pyridine rings is 2. The second-order valence-electron chi connectivity index (χ2n) is 19.5. The molecule has 5 heterocycles. The molecule has 8 heteroatoms. The van der Waals surface area contributed by atoms with Crippen molar-refractivity contribution in [2.24, 2.45) is 0 Å². The van der Waals surface area contributed by atoms with Gasteiger partial charge in [-0.3, -0.25) is 4.98 Å². The Morgan fingerprint density at radius 2 is 1.01 bits per heavy atom. The van der Waals surface area contributed by atoms with E-state index in [-0.39, 0.29) is 20.4 Å². The van der Waals surface area contributed by atoms with Crippen LogP contribution in [0, 0.1) is 12.1 Å². The standard InChI is InChI=1S/C68H45N5Si2.Pd/c1-6-22-48(23-7-1)72-62-37-19-17-35-58(62)59-46-64-66(47-63(59)72)75(52-29-12-4-13-30-52,53-31-14-5-15-32-53)65-38-21-41-69-68(65)73(64)49-24-20-33-54(44-49)74(50-25-8-2-9-26-50,51-27-10-3-11-28-51)55-39-40-56-57-34-16-18-36-61(57)71-43-42-70-67(71)60(56)45-55;/h1-43,46-47H;/q-2;+2. The van der Waals surface area contributed by atoms with E-state index in [9.17, 15) is 0 Å². The Hall–Kier alpha value is -8.74. The first-order valence-corrected chi connectivity index (χ1v) is 29.6. The van der Waals surface area contributed by atoms with Crippen LogP contribution in [0.4, 0.5) is 17.2 Å². The van der Waals surface area contributed by atoms with Crippen LogP contribution in [-0.2, 0) is 20.4 Å². The molecule has 360 valence electrons. The molecule has 1 aliphatic heterocycles. The van der Waals surface area contributed by atoms with Crippen LogP contribution in [0.3, 0.4) is 0 Å². The molecule has 0 saturated carbocycles. The molecule has 0 aliphatic carbocycles. The van der Waals surface area contributed by atoms with Crippen LogP contribution in [-0.4, -0.2) is 35.1 Å². The summed E-state index contributed by atoms with van der Waals surface area (Å²) in [7, 11) is -6.41. The maximum absolute atomic E-state index is 5.50. The SMILES string of the molecule is [Pd+2].[c-]1c(N2c3cc4c5ccccc5n(-c5ccccc5)c4cc3[Si](c3ccccc3)(c3ccccc3)c3cccnc32)cccc1[Si](c1[c-]c2c(cc1)c1ccccc1n1ccnc21)(c1ccccc1)c1ccccc1. The molecule has 0 fully saturated rings. The van der Waals surface area contributed by atoms with Gasteiger partial charge in [-0.05, 0) is 79.0 Å². The number of para-hydroxylation sites is 3. The molecule has 0 spiro atoms. The topological polar surface area (TPSA) is 38.4 Å². The monoisotopic (exact) mass is 1090 g/mol. The Labute approximate surface area is 456 Å². The van der Waals surface area contributed by atoms with Crippen molar-refractivity contribution in [2.45, 2.75) is 0 Å². The Balaban J connectivity index is 0.00000528. The zero-order valence-corrected chi connectivity index (χ0v) is 44.6. The van der Waals surface area contributed by atoms with Gasteiger partial charge in [0, 0.05) is 46.3 Å². The third-order valence-corrected chi connectivity index (χ3v) is 25.2. The van der Waals surface area contributed by atoms with Crippen molar-refractivity contribution in [1.29, 1.82) is 0 Å². The third kappa shape index (κ3) is 6.65. The number of fused-ring (bicyclic) bond motifs is 11. The van der Waals surface area contributed by atoms with Crippen molar-refractivity contribution in [3.63, 3.8) is 0 Å². The summed E-state index contributed by atoms with van der Waals surface area (Å²) in [6, 6.07) is 102. The van der Waals surface area contributed by atoms with Gasteiger partial charge in [0.15, 0.2) is 8.07 Å². The summed E-state index contributed by atoms with van der Waals surface area (Å²) < 4.78 is 4.66. The number of hydrogen-bond acceptors (Lipinski definition) is 3. The summed E-state index contributed by atoms with van der Waals surface area (Å²) in [6.07, 6.45) is 5.93. The predicted octanol–water partition coefficient (Wildman–Crippen LogP) is 10.3. The van der Waals surface area contributed by atoms with Crippen LogP contribution < -0.4 is 46.4 Å². The van der Waals surface area contributed by atoms with Gasteiger partial charge in [-0.15, -0.1) is 34.8 Å². The van der Waals surface area contributed by atoms with Crippen molar-refractivity contribution < 1.29 is 20.4 Å². The molecule has 5 nitrogen and oxygen atoms in total. The van der Waals surface area contributed by atoms with Crippen LogP contribution in [0.1, 0.15) is 0 Å². The smallest absolute Gasteiger partial charge is 0.340 e. The number of anilines is 3. The van der Waals surface area contributed by atoms with Crippen LogP contribution in [0.5, 0.6) is 0 Å². The summed E-state index contributed by atoms with van der Waals surface area (Å²) in [4.78, 5) is 12.9. The van der Waals surface area contributed by atoms with Crippen LogP contribution in [0.25, 0.3) is 54.8 Å². The number of aromatic nitrogens is 4. The maximum Gasteiger partial charge on any atom is 2.00 e. The minimum absolute atomic E-state index is 0. The van der Waals surface area contributed by atoms with Crippen molar-refractivity contribution in [2.75, 3.05) is 4.90 Å². The molecule has 15 rings (SSSR count). The van der Waals surface area contributed by atoms with Crippen molar-refractivity contribution in [1.82, 2.24) is 18.9 Å². The Morgan fingerprint density at radius 3 is 1.70 bits per heavy atom. The molecule has 14 aromatic rings. The van der Waals surface area contributed by atoms with E-state index in [2.05, 4.69) is 287 Å². The zero-order valence-electron chi connectivity index (χ0n) is 41.0. The molecule has 4 aromatic heterocycles. The predicted molar refractivity (Wildman–Crippen MR) is 315 cm³/mol. The van der Waals surface area contributed by atoms with Gasteiger partial charge in [0.25, 0.3) is 0 Å². The van der Waals surface area contributed by atoms with E-state index in [0.29, 0.717) is 0 Å². The van der Waals surface area contributed by atoms with Gasteiger partial charge in [0.1, 0.15) is 13.9 Å². The fraction of sp³-hybridized carbons (Fsp3) is 0. The van der Waals surface area contributed by atoms with Crippen LogP contribution in [0.15, 0.2) is 273 Å². The van der Waals surface area contributed by atoms with Gasteiger partial charge in [-0.2, -0.15) is 23.4 Å². The largest absolute Gasteiger partial charge is 2.00 e. The average molecular weight is 1090 g/mol. The fourth-order valence-corrected chi connectivity index (χ4v) is 22.3. The molecular weight excluding hydrogens is 1050 g/mol. The van der Waals surface area contributed by atoms with E-state index in [1.165, 1.54) is 52.8 Å².